The number of piperidine rings is 1. The van der Waals surface area contributed by atoms with Crippen molar-refractivity contribution in [2.45, 2.75) is 39.7 Å². The van der Waals surface area contributed by atoms with Crippen LogP contribution in [0.5, 0.6) is 0 Å². The van der Waals surface area contributed by atoms with Gasteiger partial charge in [0.2, 0.25) is 0 Å². The smallest absolute Gasteiger partial charge is 0.128 e. The van der Waals surface area contributed by atoms with Gasteiger partial charge in [-0.15, -0.1) is 0 Å². The van der Waals surface area contributed by atoms with E-state index in [1.165, 1.54) is 25.9 Å². The normalized spacial score (nSPS) is 19.4. The first-order valence-electron chi connectivity index (χ1n) is 7.35. The van der Waals surface area contributed by atoms with Gasteiger partial charge in [0.1, 0.15) is 5.82 Å². The van der Waals surface area contributed by atoms with Crippen molar-refractivity contribution in [3.05, 3.63) is 29.6 Å². The van der Waals surface area contributed by atoms with Crippen LogP contribution in [0.25, 0.3) is 0 Å². The Balaban J connectivity index is 1.90. The van der Waals surface area contributed by atoms with E-state index in [0.29, 0.717) is 17.5 Å². The highest BCUT2D eigenvalue weighted by Gasteiger charge is 2.23. The van der Waals surface area contributed by atoms with Crippen molar-refractivity contribution in [1.29, 1.82) is 0 Å². The van der Waals surface area contributed by atoms with Crippen LogP contribution in [-0.2, 0) is 0 Å². The maximum atomic E-state index is 13.5. The number of hydrogen-bond donors (Lipinski definition) is 1. The van der Waals surface area contributed by atoms with Crippen LogP contribution in [0.4, 0.5) is 10.1 Å². The Labute approximate surface area is 116 Å². The zero-order valence-corrected chi connectivity index (χ0v) is 12.2. The topological polar surface area (TPSA) is 15.3 Å². The molecule has 1 saturated heterocycles. The molecule has 1 fully saturated rings. The number of likely N-dealkylation sites (tertiary alicyclic amines) is 1. The van der Waals surface area contributed by atoms with E-state index in [2.05, 4.69) is 24.1 Å². The monoisotopic (exact) mass is 264 g/mol. The van der Waals surface area contributed by atoms with Crippen LogP contribution in [0.2, 0.25) is 0 Å². The summed E-state index contributed by atoms with van der Waals surface area (Å²) < 4.78 is 13.5. The number of aryl methyl sites for hydroxylation is 1. The molecule has 0 radical (unpaired) electrons. The van der Waals surface area contributed by atoms with Crippen LogP contribution in [0.1, 0.15) is 32.3 Å². The summed E-state index contributed by atoms with van der Waals surface area (Å²) in [5, 5.41) is 3.45. The number of hydrogen-bond acceptors (Lipinski definition) is 2. The molecule has 106 valence electrons. The molecule has 0 bridgehead atoms. The molecule has 2 nitrogen and oxygen atoms in total. The standard InChI is InChI=1S/C16H25FN2/c1-4-19-9-7-14(8-10-19)13(3)18-15-6-5-12(2)16(17)11-15/h5-6,11,13-14,18H,4,7-10H2,1-3H3. The molecule has 2 rings (SSSR count). The summed E-state index contributed by atoms with van der Waals surface area (Å²) >= 11 is 0. The summed E-state index contributed by atoms with van der Waals surface area (Å²) in [7, 11) is 0. The second-order valence-electron chi connectivity index (χ2n) is 5.67. The van der Waals surface area contributed by atoms with E-state index in [9.17, 15) is 4.39 Å². The number of halogens is 1. The molecule has 1 N–H and O–H groups in total. The van der Waals surface area contributed by atoms with Crippen molar-refractivity contribution in [2.75, 3.05) is 25.0 Å². The average molecular weight is 264 g/mol. The zero-order valence-electron chi connectivity index (χ0n) is 12.2. The third-order valence-corrected chi connectivity index (χ3v) is 4.35. The predicted molar refractivity (Wildman–Crippen MR) is 79.1 cm³/mol. The average Bonchev–Trinajstić information content (AvgIpc) is 2.43. The van der Waals surface area contributed by atoms with Crippen LogP contribution in [0.15, 0.2) is 18.2 Å². The maximum Gasteiger partial charge on any atom is 0.128 e. The van der Waals surface area contributed by atoms with Crippen LogP contribution in [0, 0.1) is 18.7 Å². The highest BCUT2D eigenvalue weighted by molar-refractivity contribution is 5.46. The molecule has 3 heteroatoms. The summed E-state index contributed by atoms with van der Waals surface area (Å²) in [5.41, 5.74) is 1.60. The van der Waals surface area contributed by atoms with E-state index in [1.54, 1.807) is 13.0 Å². The summed E-state index contributed by atoms with van der Waals surface area (Å²) in [6.45, 7) is 9.76. The van der Waals surface area contributed by atoms with E-state index in [4.69, 9.17) is 0 Å². The van der Waals surface area contributed by atoms with Crippen LogP contribution in [0.3, 0.4) is 0 Å². The van der Waals surface area contributed by atoms with Crippen molar-refractivity contribution in [2.24, 2.45) is 5.92 Å². The number of benzene rings is 1. The number of nitrogens with zero attached hydrogens (tertiary/aromatic N) is 1. The van der Waals surface area contributed by atoms with Crippen molar-refractivity contribution >= 4 is 5.69 Å². The quantitative estimate of drug-likeness (QED) is 0.892. The largest absolute Gasteiger partial charge is 0.382 e. The lowest BCUT2D eigenvalue weighted by Crippen LogP contribution is -2.39. The van der Waals surface area contributed by atoms with Gasteiger partial charge in [-0.3, -0.25) is 0 Å². The first-order valence-corrected chi connectivity index (χ1v) is 7.35. The van der Waals surface area contributed by atoms with Gasteiger partial charge in [0.25, 0.3) is 0 Å². The fourth-order valence-electron chi connectivity index (χ4n) is 2.83. The van der Waals surface area contributed by atoms with Crippen molar-refractivity contribution in [3.8, 4) is 0 Å². The molecule has 0 spiro atoms. The molecule has 0 aromatic heterocycles. The van der Waals surface area contributed by atoms with Crippen molar-refractivity contribution < 1.29 is 4.39 Å². The lowest BCUT2D eigenvalue weighted by Gasteiger charge is -2.34. The first kappa shape index (κ1) is 14.3. The van der Waals surface area contributed by atoms with Crippen LogP contribution < -0.4 is 5.32 Å². The molecule has 1 heterocycles. The van der Waals surface area contributed by atoms with Crippen molar-refractivity contribution in [1.82, 2.24) is 4.90 Å². The van der Waals surface area contributed by atoms with Gasteiger partial charge in [0.15, 0.2) is 0 Å². The predicted octanol–water partition coefficient (Wildman–Crippen LogP) is 3.67. The molecule has 0 saturated carbocycles. The van der Waals surface area contributed by atoms with Crippen LogP contribution >= 0.6 is 0 Å². The minimum atomic E-state index is -0.127. The fourth-order valence-corrected chi connectivity index (χ4v) is 2.83. The number of anilines is 1. The Kier molecular flexibility index (Phi) is 4.81. The Morgan fingerprint density at radius 2 is 2.05 bits per heavy atom. The molecule has 1 aromatic rings. The molecule has 19 heavy (non-hydrogen) atoms. The van der Waals surface area contributed by atoms with Gasteiger partial charge in [0, 0.05) is 11.7 Å². The van der Waals surface area contributed by atoms with Gasteiger partial charge >= 0.3 is 0 Å². The van der Waals surface area contributed by atoms with Crippen LogP contribution in [-0.4, -0.2) is 30.6 Å². The zero-order chi connectivity index (χ0) is 13.8. The van der Waals surface area contributed by atoms with Gasteiger partial charge in [-0.05, 0) is 69.9 Å². The van der Waals surface area contributed by atoms with Gasteiger partial charge in [0.05, 0.1) is 0 Å². The number of rotatable bonds is 4. The molecule has 0 aliphatic carbocycles. The fraction of sp³-hybridized carbons (Fsp3) is 0.625. The minimum absolute atomic E-state index is 0.127. The molecule has 0 amide bonds. The van der Waals surface area contributed by atoms with Gasteiger partial charge in [-0.1, -0.05) is 13.0 Å². The molecule has 1 aliphatic rings. The SMILES string of the molecule is CCN1CCC(C(C)Nc2ccc(C)c(F)c2)CC1. The Bertz CT molecular complexity index is 411. The molecule has 1 aliphatic heterocycles. The molecular weight excluding hydrogens is 239 g/mol. The van der Waals surface area contributed by atoms with Crippen molar-refractivity contribution in [3.63, 3.8) is 0 Å². The van der Waals surface area contributed by atoms with E-state index in [0.717, 1.165) is 12.2 Å². The Hall–Kier alpha value is -1.09. The van der Waals surface area contributed by atoms with E-state index in [-0.39, 0.29) is 5.82 Å². The Morgan fingerprint density at radius 3 is 2.63 bits per heavy atom. The van der Waals surface area contributed by atoms with E-state index in [1.807, 2.05) is 12.1 Å². The summed E-state index contributed by atoms with van der Waals surface area (Å²) in [4.78, 5) is 2.49. The molecular formula is C16H25FN2. The molecule has 1 atom stereocenters. The highest BCUT2D eigenvalue weighted by Crippen LogP contribution is 2.23. The molecule has 1 unspecified atom stereocenters. The summed E-state index contributed by atoms with van der Waals surface area (Å²) in [6, 6.07) is 5.81. The second-order valence-corrected chi connectivity index (χ2v) is 5.67. The van der Waals surface area contributed by atoms with Gasteiger partial charge < -0.3 is 10.2 Å². The second kappa shape index (κ2) is 6.38. The van der Waals surface area contributed by atoms with Gasteiger partial charge in [-0.2, -0.15) is 0 Å². The third kappa shape index (κ3) is 3.69. The minimum Gasteiger partial charge on any atom is -0.382 e. The lowest BCUT2D eigenvalue weighted by atomic mass is 9.90. The molecule has 1 aromatic carbocycles. The summed E-state index contributed by atoms with van der Waals surface area (Å²) in [5.74, 6) is 0.560. The van der Waals surface area contributed by atoms with E-state index >= 15 is 0 Å². The Morgan fingerprint density at radius 1 is 1.37 bits per heavy atom. The first-order chi connectivity index (χ1) is 9.10. The third-order valence-electron chi connectivity index (χ3n) is 4.35. The highest BCUT2D eigenvalue weighted by atomic mass is 19.1. The maximum absolute atomic E-state index is 13.5. The van der Waals surface area contributed by atoms with Gasteiger partial charge in [-0.25, -0.2) is 4.39 Å². The lowest BCUT2D eigenvalue weighted by molar-refractivity contribution is 0.183. The number of nitrogens with one attached hydrogen (secondary N) is 1. The van der Waals surface area contributed by atoms with E-state index < -0.39 is 0 Å². The summed E-state index contributed by atoms with van der Waals surface area (Å²) in [6.07, 6.45) is 2.46.